The number of carboxylic acids is 1. The van der Waals surface area contributed by atoms with Crippen LogP contribution in [0.15, 0.2) is 12.2 Å². The van der Waals surface area contributed by atoms with Crippen molar-refractivity contribution in [3.63, 3.8) is 0 Å². The highest BCUT2D eigenvalue weighted by molar-refractivity contribution is 5.79. The lowest BCUT2D eigenvalue weighted by Crippen LogP contribution is -2.37. The molecule has 0 aromatic rings. The van der Waals surface area contributed by atoms with Crippen LogP contribution in [0.2, 0.25) is 0 Å². The van der Waals surface area contributed by atoms with Gasteiger partial charge in [0.1, 0.15) is 0 Å². The first-order valence-corrected chi connectivity index (χ1v) is 5.39. The van der Waals surface area contributed by atoms with E-state index in [2.05, 4.69) is 4.90 Å². The van der Waals surface area contributed by atoms with E-state index in [1.165, 1.54) is 6.08 Å². The molecule has 0 aromatic heterocycles. The molecule has 4 heteroatoms. The van der Waals surface area contributed by atoms with Crippen molar-refractivity contribution in [3.8, 4) is 0 Å². The van der Waals surface area contributed by atoms with Gasteiger partial charge in [-0.3, -0.25) is 4.90 Å². The van der Waals surface area contributed by atoms with Gasteiger partial charge in [0.2, 0.25) is 0 Å². The van der Waals surface area contributed by atoms with Crippen LogP contribution in [0.3, 0.4) is 0 Å². The zero-order valence-electron chi connectivity index (χ0n) is 9.09. The van der Waals surface area contributed by atoms with Crippen LogP contribution in [-0.2, 0) is 4.79 Å². The minimum Gasteiger partial charge on any atom is -0.478 e. The fourth-order valence-corrected chi connectivity index (χ4v) is 1.92. The highest BCUT2D eigenvalue weighted by Crippen LogP contribution is 2.20. The Hall–Kier alpha value is -0.870. The fraction of sp³-hybridized carbons (Fsp3) is 0.727. The summed E-state index contributed by atoms with van der Waals surface area (Å²) in [5.41, 5.74) is 0. The predicted octanol–water partition coefficient (Wildman–Crippen LogP) is 0.720. The molecule has 2 N–H and O–H groups in total. The molecule has 0 aromatic carbocycles. The topological polar surface area (TPSA) is 60.8 Å². The van der Waals surface area contributed by atoms with Gasteiger partial charge >= 0.3 is 5.97 Å². The Morgan fingerprint density at radius 3 is 2.60 bits per heavy atom. The van der Waals surface area contributed by atoms with E-state index in [1.54, 1.807) is 6.08 Å². The third-order valence-corrected chi connectivity index (χ3v) is 2.94. The molecule has 1 atom stereocenters. The quantitative estimate of drug-likeness (QED) is 0.675. The van der Waals surface area contributed by atoms with Crippen molar-refractivity contribution in [1.29, 1.82) is 0 Å². The number of rotatable bonds is 4. The van der Waals surface area contributed by atoms with Crippen molar-refractivity contribution in [2.75, 3.05) is 19.6 Å². The molecule has 15 heavy (non-hydrogen) atoms. The summed E-state index contributed by atoms with van der Waals surface area (Å²) in [6.07, 6.45) is 4.63. The number of likely N-dealkylation sites (tertiary alicyclic amines) is 1. The van der Waals surface area contributed by atoms with Crippen LogP contribution in [0.1, 0.15) is 19.8 Å². The van der Waals surface area contributed by atoms with Crippen molar-refractivity contribution < 1.29 is 15.0 Å². The molecule has 0 amide bonds. The number of aliphatic hydroxyl groups excluding tert-OH is 1. The van der Waals surface area contributed by atoms with Crippen LogP contribution in [0.25, 0.3) is 0 Å². The smallest absolute Gasteiger partial charge is 0.328 e. The second kappa shape index (κ2) is 5.88. The molecule has 1 rings (SSSR count). The molecule has 0 saturated carbocycles. The number of hydrogen-bond donors (Lipinski definition) is 2. The molecule has 0 radical (unpaired) electrons. The maximum Gasteiger partial charge on any atom is 0.328 e. The molecule has 0 bridgehead atoms. The Morgan fingerprint density at radius 2 is 2.13 bits per heavy atom. The number of carbonyl (C=O) groups is 1. The second-order valence-corrected chi connectivity index (χ2v) is 4.12. The van der Waals surface area contributed by atoms with Crippen LogP contribution in [0, 0.1) is 5.92 Å². The summed E-state index contributed by atoms with van der Waals surface area (Å²) in [4.78, 5) is 12.5. The molecular formula is C11H19NO3. The van der Waals surface area contributed by atoms with E-state index < -0.39 is 5.97 Å². The van der Waals surface area contributed by atoms with Crippen molar-refractivity contribution in [2.45, 2.75) is 25.9 Å². The second-order valence-electron chi connectivity index (χ2n) is 4.12. The van der Waals surface area contributed by atoms with Gasteiger partial charge in [-0.1, -0.05) is 6.08 Å². The zero-order valence-corrected chi connectivity index (χ0v) is 9.09. The monoisotopic (exact) mass is 213 g/mol. The Bertz CT molecular complexity index is 230. The van der Waals surface area contributed by atoms with E-state index in [9.17, 15) is 9.90 Å². The number of carboxylic acid groups (broad SMARTS) is 1. The molecule has 1 saturated heterocycles. The Balaban J connectivity index is 2.23. The van der Waals surface area contributed by atoms with Gasteiger partial charge in [0.25, 0.3) is 0 Å². The van der Waals surface area contributed by atoms with Gasteiger partial charge in [0.05, 0.1) is 6.10 Å². The average Bonchev–Trinajstić information content (AvgIpc) is 2.18. The fourth-order valence-electron chi connectivity index (χ4n) is 1.92. The number of piperidine rings is 1. The molecular weight excluding hydrogens is 194 g/mol. The van der Waals surface area contributed by atoms with Gasteiger partial charge in [0.15, 0.2) is 0 Å². The molecule has 1 fully saturated rings. The summed E-state index contributed by atoms with van der Waals surface area (Å²) in [5, 5.41) is 17.8. The Labute approximate surface area is 90.2 Å². The summed E-state index contributed by atoms with van der Waals surface area (Å²) in [5.74, 6) is -0.487. The number of aliphatic carboxylic acids is 1. The van der Waals surface area contributed by atoms with E-state index in [1.807, 2.05) is 6.92 Å². The molecule has 4 nitrogen and oxygen atoms in total. The van der Waals surface area contributed by atoms with Gasteiger partial charge in [-0.15, -0.1) is 0 Å². The first-order valence-electron chi connectivity index (χ1n) is 5.39. The Morgan fingerprint density at radius 1 is 1.53 bits per heavy atom. The lowest BCUT2D eigenvalue weighted by Gasteiger charge is -2.32. The minimum atomic E-state index is -0.895. The summed E-state index contributed by atoms with van der Waals surface area (Å²) in [6.45, 7) is 4.42. The minimum absolute atomic E-state index is 0.221. The molecule has 1 unspecified atom stereocenters. The van der Waals surface area contributed by atoms with Crippen molar-refractivity contribution >= 4 is 5.97 Å². The van der Waals surface area contributed by atoms with Gasteiger partial charge in [-0.25, -0.2) is 4.79 Å². The number of hydrogen-bond acceptors (Lipinski definition) is 3. The van der Waals surface area contributed by atoms with Gasteiger partial charge < -0.3 is 10.2 Å². The molecule has 1 aliphatic heterocycles. The summed E-state index contributed by atoms with van der Waals surface area (Å²) in [6, 6.07) is 0. The molecule has 1 heterocycles. The normalized spacial score (nSPS) is 22.0. The van der Waals surface area contributed by atoms with Crippen LogP contribution in [0.5, 0.6) is 0 Å². The third kappa shape index (κ3) is 4.44. The van der Waals surface area contributed by atoms with Crippen molar-refractivity contribution in [2.24, 2.45) is 5.92 Å². The predicted molar refractivity (Wildman–Crippen MR) is 57.6 cm³/mol. The highest BCUT2D eigenvalue weighted by atomic mass is 16.4. The summed E-state index contributed by atoms with van der Waals surface area (Å²) < 4.78 is 0. The third-order valence-electron chi connectivity index (χ3n) is 2.94. The largest absolute Gasteiger partial charge is 0.478 e. The van der Waals surface area contributed by atoms with E-state index >= 15 is 0 Å². The van der Waals surface area contributed by atoms with Crippen LogP contribution < -0.4 is 0 Å². The standard InChI is InChI=1S/C11H19NO3/c1-9(13)10-4-7-12(8-5-10)6-2-3-11(14)15/h2-3,9-10,13H,4-8H2,1H3,(H,14,15)/b3-2+. The molecule has 0 spiro atoms. The van der Waals surface area contributed by atoms with Crippen LogP contribution in [-0.4, -0.2) is 46.8 Å². The maximum atomic E-state index is 10.2. The van der Waals surface area contributed by atoms with E-state index in [0.29, 0.717) is 12.5 Å². The number of nitrogens with zero attached hydrogens (tertiary/aromatic N) is 1. The lowest BCUT2D eigenvalue weighted by atomic mass is 9.92. The Kier molecular flexibility index (Phi) is 4.78. The van der Waals surface area contributed by atoms with Gasteiger partial charge in [0, 0.05) is 12.6 Å². The summed E-state index contributed by atoms with van der Waals surface area (Å²) >= 11 is 0. The first kappa shape index (κ1) is 12.2. The van der Waals surface area contributed by atoms with Crippen molar-refractivity contribution in [3.05, 3.63) is 12.2 Å². The van der Waals surface area contributed by atoms with E-state index in [0.717, 1.165) is 25.9 Å². The van der Waals surface area contributed by atoms with Crippen molar-refractivity contribution in [1.82, 2.24) is 4.90 Å². The van der Waals surface area contributed by atoms with E-state index in [4.69, 9.17) is 5.11 Å². The molecule has 1 aliphatic rings. The first-order chi connectivity index (χ1) is 7.09. The van der Waals surface area contributed by atoms with Crippen LogP contribution in [0.4, 0.5) is 0 Å². The zero-order chi connectivity index (χ0) is 11.3. The molecule has 86 valence electrons. The maximum absolute atomic E-state index is 10.2. The SMILES string of the molecule is CC(O)C1CCN(C/C=C/C(=O)O)CC1. The highest BCUT2D eigenvalue weighted by Gasteiger charge is 2.21. The average molecular weight is 213 g/mol. The van der Waals surface area contributed by atoms with Crippen LogP contribution >= 0.6 is 0 Å². The van der Waals surface area contributed by atoms with Gasteiger partial charge in [-0.05, 0) is 38.8 Å². The summed E-state index contributed by atoms with van der Waals surface area (Å²) in [7, 11) is 0. The molecule has 0 aliphatic carbocycles. The van der Waals surface area contributed by atoms with E-state index in [-0.39, 0.29) is 6.10 Å². The van der Waals surface area contributed by atoms with Gasteiger partial charge in [-0.2, -0.15) is 0 Å². The lowest BCUT2D eigenvalue weighted by molar-refractivity contribution is -0.131. The number of aliphatic hydroxyl groups is 1.